The molecule has 0 amide bonds. The summed E-state index contributed by atoms with van der Waals surface area (Å²) in [5, 5.41) is 9.02. The molecule has 126 valence electrons. The number of ether oxygens (including phenoxy) is 1. The van der Waals surface area contributed by atoms with E-state index in [1.807, 2.05) is 0 Å². The van der Waals surface area contributed by atoms with Gasteiger partial charge in [-0.15, -0.1) is 0 Å². The molecule has 5 heteroatoms. The fraction of sp³-hybridized carbons (Fsp3) is 0.706. The van der Waals surface area contributed by atoms with Gasteiger partial charge in [0.1, 0.15) is 10.7 Å². The molecule has 0 fully saturated rings. The van der Waals surface area contributed by atoms with Gasteiger partial charge in [0.05, 0.1) is 6.61 Å². The minimum Gasteiger partial charge on any atom is -0.490 e. The van der Waals surface area contributed by atoms with Crippen LogP contribution in [0.25, 0.3) is 0 Å². The molecule has 0 bridgehead atoms. The van der Waals surface area contributed by atoms with Crippen LogP contribution in [0.5, 0.6) is 5.75 Å². The fourth-order valence-electron chi connectivity index (χ4n) is 2.42. The highest BCUT2D eigenvalue weighted by atomic mass is 35.5. The highest BCUT2D eigenvalue weighted by Gasteiger charge is 2.15. The molecule has 0 aromatic carbocycles. The van der Waals surface area contributed by atoms with E-state index in [2.05, 4.69) is 11.9 Å². The predicted molar refractivity (Wildman–Crippen MR) is 90.1 cm³/mol. The molecule has 0 aliphatic carbocycles. The van der Waals surface area contributed by atoms with Gasteiger partial charge in [0.2, 0.25) is 0 Å². The molecule has 1 aromatic rings. The lowest BCUT2D eigenvalue weighted by Gasteiger charge is -2.05. The van der Waals surface area contributed by atoms with Gasteiger partial charge in [-0.05, 0) is 6.42 Å². The van der Waals surface area contributed by atoms with Crippen molar-refractivity contribution in [1.82, 2.24) is 4.98 Å². The summed E-state index contributed by atoms with van der Waals surface area (Å²) in [6.45, 7) is 2.82. The third-order valence-electron chi connectivity index (χ3n) is 3.75. The van der Waals surface area contributed by atoms with E-state index in [1.165, 1.54) is 57.6 Å². The average Bonchev–Trinajstić information content (AvgIpc) is 2.86. The monoisotopic (exact) mass is 329 g/mol. The van der Waals surface area contributed by atoms with E-state index in [0.29, 0.717) is 12.4 Å². The maximum absolute atomic E-state index is 10.8. The Hall–Kier alpha value is -1.16. The number of nitrogens with one attached hydrogen (secondary N) is 1. The second-order valence-electron chi connectivity index (χ2n) is 5.68. The van der Waals surface area contributed by atoms with Gasteiger partial charge in [-0.1, -0.05) is 76.3 Å². The van der Waals surface area contributed by atoms with Gasteiger partial charge < -0.3 is 14.8 Å². The number of rotatable bonds is 13. The summed E-state index contributed by atoms with van der Waals surface area (Å²) in [6, 6.07) is 0. The number of carboxylic acid groups (broad SMARTS) is 1. The van der Waals surface area contributed by atoms with Gasteiger partial charge in [-0.2, -0.15) is 0 Å². The summed E-state index contributed by atoms with van der Waals surface area (Å²) >= 11 is 5.92. The van der Waals surface area contributed by atoms with Gasteiger partial charge in [-0.25, -0.2) is 4.79 Å². The van der Waals surface area contributed by atoms with Crippen molar-refractivity contribution in [2.45, 2.75) is 71.1 Å². The Morgan fingerprint density at radius 2 is 1.64 bits per heavy atom. The van der Waals surface area contributed by atoms with Crippen LogP contribution in [0.1, 0.15) is 81.6 Å². The first-order valence-corrected chi connectivity index (χ1v) is 8.77. The highest BCUT2D eigenvalue weighted by Crippen LogP contribution is 2.28. The van der Waals surface area contributed by atoms with Crippen molar-refractivity contribution in [3.8, 4) is 5.75 Å². The van der Waals surface area contributed by atoms with Crippen molar-refractivity contribution in [1.29, 1.82) is 0 Å². The largest absolute Gasteiger partial charge is 0.490 e. The van der Waals surface area contributed by atoms with Gasteiger partial charge in [-0.3, -0.25) is 0 Å². The first-order chi connectivity index (χ1) is 10.7. The minimum atomic E-state index is -1.07. The van der Waals surface area contributed by atoms with E-state index in [-0.39, 0.29) is 10.7 Å². The van der Waals surface area contributed by atoms with Crippen LogP contribution in [-0.2, 0) is 0 Å². The standard InChI is InChI=1S/C17H28ClNO3/c1-2-3-4-5-6-7-8-9-10-11-12-22-14-13-19-16(15(14)18)17(20)21/h13,19H,2-12H2,1H3,(H,20,21). The number of carbonyl (C=O) groups is 1. The zero-order valence-corrected chi connectivity index (χ0v) is 14.3. The first-order valence-electron chi connectivity index (χ1n) is 8.39. The van der Waals surface area contributed by atoms with Crippen molar-refractivity contribution < 1.29 is 14.6 Å². The molecule has 1 rings (SSSR count). The van der Waals surface area contributed by atoms with Crippen LogP contribution in [0.2, 0.25) is 5.02 Å². The van der Waals surface area contributed by atoms with Crippen LogP contribution in [0.3, 0.4) is 0 Å². The maximum Gasteiger partial charge on any atom is 0.354 e. The molecule has 0 radical (unpaired) electrons. The van der Waals surface area contributed by atoms with Crippen LogP contribution in [0.4, 0.5) is 0 Å². The van der Waals surface area contributed by atoms with E-state index in [9.17, 15) is 4.79 Å². The SMILES string of the molecule is CCCCCCCCCCCCOc1c[nH]c(C(=O)O)c1Cl. The summed E-state index contributed by atoms with van der Waals surface area (Å²) in [7, 11) is 0. The molecule has 4 nitrogen and oxygen atoms in total. The molecule has 0 unspecified atom stereocenters. The van der Waals surface area contributed by atoms with Crippen LogP contribution in [0, 0.1) is 0 Å². The van der Waals surface area contributed by atoms with Crippen LogP contribution in [-0.4, -0.2) is 22.7 Å². The van der Waals surface area contributed by atoms with Crippen LogP contribution >= 0.6 is 11.6 Å². The number of hydrogen-bond acceptors (Lipinski definition) is 2. The second kappa shape index (κ2) is 11.4. The zero-order chi connectivity index (χ0) is 16.2. The molecule has 1 heterocycles. The summed E-state index contributed by atoms with van der Waals surface area (Å²) in [5.74, 6) is -0.645. The Morgan fingerprint density at radius 1 is 1.09 bits per heavy atom. The number of unbranched alkanes of at least 4 members (excludes halogenated alkanes) is 9. The van der Waals surface area contributed by atoms with Crippen LogP contribution < -0.4 is 4.74 Å². The molecule has 0 saturated carbocycles. The Kier molecular flexibility index (Phi) is 9.80. The topological polar surface area (TPSA) is 62.3 Å². The Bertz CT molecular complexity index is 432. The summed E-state index contributed by atoms with van der Waals surface area (Å²) in [6.07, 6.45) is 14.2. The highest BCUT2D eigenvalue weighted by molar-refractivity contribution is 6.34. The molecule has 0 aliphatic rings. The van der Waals surface area contributed by atoms with E-state index in [0.717, 1.165) is 12.8 Å². The minimum absolute atomic E-state index is 0.0141. The van der Waals surface area contributed by atoms with Gasteiger partial charge in [0.25, 0.3) is 0 Å². The van der Waals surface area contributed by atoms with Crippen molar-refractivity contribution in [3.63, 3.8) is 0 Å². The van der Waals surface area contributed by atoms with Gasteiger partial charge >= 0.3 is 5.97 Å². The number of halogens is 1. The number of hydrogen-bond donors (Lipinski definition) is 2. The number of carboxylic acids is 1. The van der Waals surface area contributed by atoms with E-state index >= 15 is 0 Å². The summed E-state index contributed by atoms with van der Waals surface area (Å²) < 4.78 is 5.51. The van der Waals surface area contributed by atoms with Crippen molar-refractivity contribution in [2.24, 2.45) is 0 Å². The lowest BCUT2D eigenvalue weighted by Crippen LogP contribution is -1.98. The van der Waals surface area contributed by atoms with Crippen LogP contribution in [0.15, 0.2) is 6.20 Å². The lowest BCUT2D eigenvalue weighted by molar-refractivity contribution is 0.0691. The van der Waals surface area contributed by atoms with Crippen molar-refractivity contribution >= 4 is 17.6 Å². The molecule has 0 spiro atoms. The summed E-state index contributed by atoms with van der Waals surface area (Å²) in [4.78, 5) is 13.4. The Labute approximate surface area is 138 Å². The van der Waals surface area contributed by atoms with E-state index < -0.39 is 5.97 Å². The molecule has 2 N–H and O–H groups in total. The number of aromatic nitrogens is 1. The predicted octanol–water partition coefficient (Wildman–Crippen LogP) is 5.67. The smallest absolute Gasteiger partial charge is 0.354 e. The zero-order valence-electron chi connectivity index (χ0n) is 13.5. The molecule has 0 saturated heterocycles. The molecule has 22 heavy (non-hydrogen) atoms. The van der Waals surface area contributed by atoms with Gasteiger partial charge in [0.15, 0.2) is 5.75 Å². The average molecular weight is 330 g/mol. The van der Waals surface area contributed by atoms with Crippen molar-refractivity contribution in [2.75, 3.05) is 6.61 Å². The third kappa shape index (κ3) is 7.21. The Balaban J connectivity index is 1.99. The lowest BCUT2D eigenvalue weighted by atomic mass is 10.1. The first kappa shape index (κ1) is 18.9. The van der Waals surface area contributed by atoms with E-state index in [1.54, 1.807) is 0 Å². The maximum atomic E-state index is 10.8. The number of aromatic amines is 1. The number of aromatic carboxylic acids is 1. The van der Waals surface area contributed by atoms with Crippen molar-refractivity contribution in [3.05, 3.63) is 16.9 Å². The molecule has 0 atom stereocenters. The normalized spacial score (nSPS) is 10.8. The van der Waals surface area contributed by atoms with E-state index in [4.69, 9.17) is 21.4 Å². The summed E-state index contributed by atoms with van der Waals surface area (Å²) in [5.41, 5.74) is -0.0141. The third-order valence-corrected chi connectivity index (χ3v) is 4.13. The molecular formula is C17H28ClNO3. The fourth-order valence-corrected chi connectivity index (χ4v) is 2.66. The number of H-pyrrole nitrogens is 1. The quantitative estimate of drug-likeness (QED) is 0.458. The molecule has 0 aliphatic heterocycles. The second-order valence-corrected chi connectivity index (χ2v) is 6.06. The molecule has 1 aromatic heterocycles. The molecular weight excluding hydrogens is 302 g/mol. The van der Waals surface area contributed by atoms with Gasteiger partial charge in [0, 0.05) is 6.20 Å². The Morgan fingerprint density at radius 3 is 2.14 bits per heavy atom.